The Bertz CT molecular complexity index is 888. The normalized spacial score (nSPS) is 17.3. The molecule has 29 heavy (non-hydrogen) atoms. The highest BCUT2D eigenvalue weighted by atomic mass is 16.3. The molecule has 2 unspecified atom stereocenters. The highest BCUT2D eigenvalue weighted by Crippen LogP contribution is 2.23. The van der Waals surface area contributed by atoms with Gasteiger partial charge in [-0.05, 0) is 41.7 Å². The number of aliphatic hydroxyl groups excluding tert-OH is 1. The van der Waals surface area contributed by atoms with Crippen molar-refractivity contribution < 1.29 is 24.9 Å². The molecule has 2 aromatic carbocycles. The summed E-state index contributed by atoms with van der Waals surface area (Å²) in [6.07, 6.45) is 5.63. The molecule has 1 aliphatic heterocycles. The van der Waals surface area contributed by atoms with Crippen molar-refractivity contribution in [1.82, 2.24) is 10.6 Å². The first kappa shape index (κ1) is 20.4. The molecule has 0 bridgehead atoms. The van der Waals surface area contributed by atoms with Crippen LogP contribution in [0.3, 0.4) is 0 Å². The Labute approximate surface area is 168 Å². The Kier molecular flexibility index (Phi) is 6.51. The molecule has 2 aromatic rings. The molecule has 5 N–H and O–H groups in total. The van der Waals surface area contributed by atoms with Gasteiger partial charge in [-0.1, -0.05) is 49.3 Å². The van der Waals surface area contributed by atoms with Crippen molar-refractivity contribution in [3.05, 3.63) is 59.2 Å². The van der Waals surface area contributed by atoms with Crippen LogP contribution in [0.15, 0.2) is 42.5 Å². The van der Waals surface area contributed by atoms with Gasteiger partial charge < -0.3 is 20.6 Å². The molecule has 0 aromatic heterocycles. The lowest BCUT2D eigenvalue weighted by atomic mass is 10.0. The predicted molar refractivity (Wildman–Crippen MR) is 109 cm³/mol. The molecule has 7 nitrogen and oxygen atoms in total. The molecule has 2 atom stereocenters. The molecule has 1 fully saturated rings. The Morgan fingerprint density at radius 3 is 2.21 bits per heavy atom. The Hall–Kier alpha value is -3.32. The third-order valence-electron chi connectivity index (χ3n) is 4.79. The van der Waals surface area contributed by atoms with Crippen molar-refractivity contribution in [1.29, 1.82) is 0 Å². The van der Waals surface area contributed by atoms with Crippen LogP contribution in [0.4, 0.5) is 4.79 Å². The van der Waals surface area contributed by atoms with Crippen LogP contribution >= 0.6 is 0 Å². The standard InChI is InChI=1S/C22H24N2O5/c25-17-11-15(12-18(26)13-17)6-5-14-7-9-16(10-8-14)20(27)4-2-1-3-19-21(28)24-22(29)23-19/h5-13,19-20,25-27H,1-4H2,(H2,23,24,28,29)/b6-5+. The summed E-state index contributed by atoms with van der Waals surface area (Å²) in [5, 5.41) is 34.1. The van der Waals surface area contributed by atoms with Crippen molar-refractivity contribution in [3.8, 4) is 11.5 Å². The summed E-state index contributed by atoms with van der Waals surface area (Å²) in [5.41, 5.74) is 2.41. The molecular weight excluding hydrogens is 372 g/mol. The number of phenolic OH excluding ortho intramolecular Hbond substituents is 2. The van der Waals surface area contributed by atoms with Gasteiger partial charge in [-0.15, -0.1) is 0 Å². The maximum atomic E-state index is 11.5. The highest BCUT2D eigenvalue weighted by Gasteiger charge is 2.28. The van der Waals surface area contributed by atoms with E-state index >= 15 is 0 Å². The fourth-order valence-corrected chi connectivity index (χ4v) is 3.25. The lowest BCUT2D eigenvalue weighted by molar-refractivity contribution is -0.120. The molecule has 1 aliphatic rings. The maximum Gasteiger partial charge on any atom is 0.322 e. The average Bonchev–Trinajstić information content (AvgIpc) is 3.00. The van der Waals surface area contributed by atoms with Crippen LogP contribution in [0.1, 0.15) is 48.5 Å². The number of carbonyl (C=O) groups excluding carboxylic acids is 2. The van der Waals surface area contributed by atoms with Crippen LogP contribution in [0.25, 0.3) is 12.2 Å². The summed E-state index contributed by atoms with van der Waals surface area (Å²) in [5.74, 6) is -0.293. The third-order valence-corrected chi connectivity index (χ3v) is 4.79. The molecule has 7 heteroatoms. The van der Waals surface area contributed by atoms with E-state index in [9.17, 15) is 24.9 Å². The van der Waals surface area contributed by atoms with Crippen LogP contribution < -0.4 is 10.6 Å². The number of amides is 3. The number of benzene rings is 2. The van der Waals surface area contributed by atoms with Gasteiger partial charge in [-0.2, -0.15) is 0 Å². The van der Waals surface area contributed by atoms with Crippen LogP contribution in [0, 0.1) is 0 Å². The van der Waals surface area contributed by atoms with Gasteiger partial charge in [0.1, 0.15) is 17.5 Å². The monoisotopic (exact) mass is 396 g/mol. The number of unbranched alkanes of at least 4 members (excludes halogenated alkanes) is 1. The molecule has 1 saturated heterocycles. The molecule has 3 rings (SSSR count). The minimum atomic E-state index is -0.594. The summed E-state index contributed by atoms with van der Waals surface area (Å²) in [6, 6.07) is 10.9. The van der Waals surface area contributed by atoms with Crippen LogP contribution in [-0.2, 0) is 4.79 Å². The van der Waals surface area contributed by atoms with Gasteiger partial charge in [0.05, 0.1) is 6.10 Å². The number of nitrogens with one attached hydrogen (secondary N) is 2. The molecule has 0 saturated carbocycles. The molecule has 1 heterocycles. The van der Waals surface area contributed by atoms with Crippen molar-refractivity contribution in [2.45, 2.75) is 37.8 Å². The number of phenols is 2. The molecule has 0 radical (unpaired) electrons. The first-order valence-corrected chi connectivity index (χ1v) is 9.51. The van der Waals surface area contributed by atoms with E-state index in [1.807, 2.05) is 30.3 Å². The lowest BCUT2D eigenvalue weighted by Crippen LogP contribution is -2.28. The van der Waals surface area contributed by atoms with E-state index in [4.69, 9.17) is 0 Å². The van der Waals surface area contributed by atoms with E-state index < -0.39 is 18.2 Å². The topological polar surface area (TPSA) is 119 Å². The Balaban J connectivity index is 1.47. The van der Waals surface area contributed by atoms with E-state index in [0.29, 0.717) is 18.4 Å². The van der Waals surface area contributed by atoms with Gasteiger partial charge in [-0.25, -0.2) is 4.79 Å². The van der Waals surface area contributed by atoms with E-state index in [0.717, 1.165) is 24.0 Å². The number of hydrogen-bond acceptors (Lipinski definition) is 5. The van der Waals surface area contributed by atoms with E-state index in [1.54, 1.807) is 18.2 Å². The summed E-state index contributed by atoms with van der Waals surface area (Å²) in [6.45, 7) is 0. The van der Waals surface area contributed by atoms with Gasteiger partial charge in [0.2, 0.25) is 0 Å². The van der Waals surface area contributed by atoms with Crippen molar-refractivity contribution in [2.24, 2.45) is 0 Å². The van der Waals surface area contributed by atoms with Gasteiger partial charge >= 0.3 is 6.03 Å². The zero-order valence-corrected chi connectivity index (χ0v) is 15.8. The fourth-order valence-electron chi connectivity index (χ4n) is 3.25. The zero-order valence-electron chi connectivity index (χ0n) is 15.8. The maximum absolute atomic E-state index is 11.5. The Morgan fingerprint density at radius 1 is 0.931 bits per heavy atom. The molecule has 0 aliphatic carbocycles. The number of carbonyl (C=O) groups is 2. The molecule has 0 spiro atoms. The summed E-state index contributed by atoms with van der Waals surface area (Å²) in [4.78, 5) is 22.5. The van der Waals surface area contributed by atoms with Crippen molar-refractivity contribution in [3.63, 3.8) is 0 Å². The molecule has 152 valence electrons. The fraction of sp³-hybridized carbons (Fsp3) is 0.273. The molecular formula is C22H24N2O5. The van der Waals surface area contributed by atoms with Crippen LogP contribution in [0.2, 0.25) is 0 Å². The second-order valence-electron chi connectivity index (χ2n) is 7.10. The minimum absolute atomic E-state index is 0.000869. The van der Waals surface area contributed by atoms with Crippen molar-refractivity contribution >= 4 is 24.1 Å². The number of urea groups is 1. The van der Waals surface area contributed by atoms with Crippen molar-refractivity contribution in [2.75, 3.05) is 0 Å². The first-order valence-electron chi connectivity index (χ1n) is 9.51. The first-order chi connectivity index (χ1) is 13.9. The zero-order chi connectivity index (χ0) is 20.8. The van der Waals surface area contributed by atoms with Gasteiger partial charge in [0, 0.05) is 6.07 Å². The number of aliphatic hydroxyl groups is 1. The second kappa shape index (κ2) is 9.25. The quantitative estimate of drug-likeness (QED) is 0.267. The minimum Gasteiger partial charge on any atom is -0.508 e. The average molecular weight is 396 g/mol. The third kappa shape index (κ3) is 5.83. The SMILES string of the molecule is O=C1NC(=O)C(CCCCC(O)c2ccc(/C=C/c3cc(O)cc(O)c3)cc2)N1. The highest BCUT2D eigenvalue weighted by molar-refractivity contribution is 6.04. The summed E-state index contributed by atoms with van der Waals surface area (Å²) >= 11 is 0. The number of aromatic hydroxyl groups is 2. The van der Waals surface area contributed by atoms with E-state index in [2.05, 4.69) is 10.6 Å². The number of rotatable bonds is 8. The summed E-state index contributed by atoms with van der Waals surface area (Å²) < 4.78 is 0. The van der Waals surface area contributed by atoms with Gasteiger partial charge in [0.25, 0.3) is 5.91 Å². The summed E-state index contributed by atoms with van der Waals surface area (Å²) in [7, 11) is 0. The van der Waals surface area contributed by atoms with E-state index in [1.165, 1.54) is 6.07 Å². The second-order valence-corrected chi connectivity index (χ2v) is 7.10. The van der Waals surface area contributed by atoms with Gasteiger partial charge in [0.15, 0.2) is 0 Å². The van der Waals surface area contributed by atoms with E-state index in [-0.39, 0.29) is 17.4 Å². The number of hydrogen-bond donors (Lipinski definition) is 5. The van der Waals surface area contributed by atoms with Crippen LogP contribution in [-0.4, -0.2) is 33.3 Å². The molecule has 3 amide bonds. The largest absolute Gasteiger partial charge is 0.508 e. The lowest BCUT2D eigenvalue weighted by Gasteiger charge is -2.12. The van der Waals surface area contributed by atoms with Crippen LogP contribution in [0.5, 0.6) is 11.5 Å². The Morgan fingerprint density at radius 2 is 1.59 bits per heavy atom. The smallest absolute Gasteiger partial charge is 0.322 e. The predicted octanol–water partition coefficient (Wildman–Crippen LogP) is 3.07. The number of imide groups is 1. The van der Waals surface area contributed by atoms with Gasteiger partial charge in [-0.3, -0.25) is 10.1 Å².